The summed E-state index contributed by atoms with van der Waals surface area (Å²) in [5.74, 6) is -0.318. The van der Waals surface area contributed by atoms with Gasteiger partial charge in [0.05, 0.1) is 5.25 Å². The average molecular weight is 357 g/mol. The number of benzene rings is 1. The zero-order valence-corrected chi connectivity index (χ0v) is 14.9. The molecule has 1 aromatic carbocycles. The molecule has 1 aromatic rings. The van der Waals surface area contributed by atoms with Crippen LogP contribution in [0.2, 0.25) is 5.02 Å². The van der Waals surface area contributed by atoms with Crippen molar-refractivity contribution >= 4 is 57.4 Å². The minimum atomic E-state index is -0.448. The number of halogens is 1. The predicted molar refractivity (Wildman–Crippen MR) is 95.4 cm³/mol. The van der Waals surface area contributed by atoms with E-state index in [4.69, 9.17) is 23.8 Å². The molecule has 1 N–H and O–H groups in total. The van der Waals surface area contributed by atoms with E-state index < -0.39 is 5.25 Å². The smallest absolute Gasteiger partial charge is 0.242 e. The summed E-state index contributed by atoms with van der Waals surface area (Å²) in [5.41, 5.74) is 1.57. The zero-order valence-electron chi connectivity index (χ0n) is 12.6. The molecule has 1 saturated heterocycles. The number of carbonyl (C=O) groups excluding carboxylic acids is 2. The van der Waals surface area contributed by atoms with Gasteiger partial charge in [0.15, 0.2) is 0 Å². The first-order valence-electron chi connectivity index (χ1n) is 6.89. The van der Waals surface area contributed by atoms with Crippen LogP contribution >= 0.6 is 35.6 Å². The molecule has 0 bridgehead atoms. The Labute approximate surface area is 144 Å². The van der Waals surface area contributed by atoms with E-state index in [0.717, 1.165) is 5.56 Å². The van der Waals surface area contributed by atoms with Crippen molar-refractivity contribution in [2.75, 3.05) is 5.32 Å². The second-order valence-electron chi connectivity index (χ2n) is 5.39. The maximum atomic E-state index is 12.3. The number of aryl methyl sites for hydroxylation is 1. The molecule has 0 aromatic heterocycles. The number of hydrogen-bond acceptors (Lipinski definition) is 4. The first kappa shape index (κ1) is 17.2. The highest BCUT2D eigenvalue weighted by Gasteiger charge is 2.39. The number of nitrogens with one attached hydrogen (secondary N) is 1. The Bertz CT molecular complexity index is 634. The summed E-state index contributed by atoms with van der Waals surface area (Å²) in [6, 6.07) is 5.33. The van der Waals surface area contributed by atoms with Gasteiger partial charge in [-0.2, -0.15) is 0 Å². The number of thiocarbonyl (C=S) groups is 1. The molecular formula is C15H17ClN2O2S2. The van der Waals surface area contributed by atoms with E-state index in [2.05, 4.69) is 5.32 Å². The Morgan fingerprint density at radius 2 is 2.18 bits per heavy atom. The molecule has 1 heterocycles. The monoisotopic (exact) mass is 356 g/mol. The second-order valence-corrected chi connectivity index (χ2v) is 7.63. The van der Waals surface area contributed by atoms with E-state index in [-0.39, 0.29) is 24.3 Å². The molecule has 1 fully saturated rings. The van der Waals surface area contributed by atoms with Crippen molar-refractivity contribution in [1.82, 2.24) is 4.90 Å². The fourth-order valence-electron chi connectivity index (χ4n) is 2.12. The summed E-state index contributed by atoms with van der Waals surface area (Å²) < 4.78 is 0.538. The molecule has 2 rings (SSSR count). The summed E-state index contributed by atoms with van der Waals surface area (Å²) in [6.45, 7) is 5.70. The lowest BCUT2D eigenvalue weighted by atomic mass is 10.2. The van der Waals surface area contributed by atoms with E-state index in [1.165, 1.54) is 11.8 Å². The van der Waals surface area contributed by atoms with Gasteiger partial charge in [0, 0.05) is 23.2 Å². The summed E-state index contributed by atoms with van der Waals surface area (Å²) in [5, 5.41) is 2.91. The quantitative estimate of drug-likeness (QED) is 0.837. The normalized spacial score (nSPS) is 18.2. The Balaban J connectivity index is 1.99. The van der Waals surface area contributed by atoms with Crippen LogP contribution in [0.1, 0.15) is 25.8 Å². The van der Waals surface area contributed by atoms with E-state index in [1.54, 1.807) is 17.0 Å². The molecule has 1 atom stereocenters. The summed E-state index contributed by atoms with van der Waals surface area (Å²) in [6.07, 6.45) is 0.0956. The standard InChI is InChI=1S/C15H17ClN2O2S2/c1-8(2)18-14(20)12(22-15(18)21)7-13(19)17-10-5-4-9(3)11(16)6-10/h4-6,8,12H,7H2,1-3H3,(H,17,19). The third-order valence-electron chi connectivity index (χ3n) is 3.30. The topological polar surface area (TPSA) is 49.4 Å². The molecular weight excluding hydrogens is 340 g/mol. The number of amides is 2. The number of hydrogen-bond donors (Lipinski definition) is 1. The number of carbonyl (C=O) groups is 2. The fourth-order valence-corrected chi connectivity index (χ4v) is 4.06. The predicted octanol–water partition coefficient (Wildman–Crippen LogP) is 3.61. The van der Waals surface area contributed by atoms with Gasteiger partial charge in [0.25, 0.3) is 0 Å². The molecule has 0 radical (unpaired) electrons. The maximum Gasteiger partial charge on any atom is 0.242 e. The van der Waals surface area contributed by atoms with E-state index in [9.17, 15) is 9.59 Å². The number of thioether (sulfide) groups is 1. The van der Waals surface area contributed by atoms with Gasteiger partial charge in [-0.1, -0.05) is 41.6 Å². The summed E-state index contributed by atoms with van der Waals surface area (Å²) in [7, 11) is 0. The lowest BCUT2D eigenvalue weighted by molar-refractivity contribution is -0.129. The molecule has 0 spiro atoms. The van der Waals surface area contributed by atoms with E-state index in [1.807, 2.05) is 26.8 Å². The third kappa shape index (κ3) is 3.80. The van der Waals surface area contributed by atoms with Crippen LogP contribution < -0.4 is 5.32 Å². The number of rotatable bonds is 4. The van der Waals surface area contributed by atoms with Crippen LogP contribution in [-0.4, -0.2) is 32.3 Å². The molecule has 1 aliphatic heterocycles. The van der Waals surface area contributed by atoms with E-state index >= 15 is 0 Å². The lowest BCUT2D eigenvalue weighted by Crippen LogP contribution is -2.37. The SMILES string of the molecule is Cc1ccc(NC(=O)CC2SC(=S)N(C(C)C)C2=O)cc1Cl. The molecule has 1 aliphatic rings. The maximum absolute atomic E-state index is 12.3. The summed E-state index contributed by atoms with van der Waals surface area (Å²) >= 11 is 12.5. The largest absolute Gasteiger partial charge is 0.326 e. The van der Waals surface area contributed by atoms with Crippen LogP contribution in [0.5, 0.6) is 0 Å². The Morgan fingerprint density at radius 1 is 1.50 bits per heavy atom. The fraction of sp³-hybridized carbons (Fsp3) is 0.400. The first-order valence-corrected chi connectivity index (χ1v) is 8.56. The minimum absolute atomic E-state index is 0.0106. The van der Waals surface area contributed by atoms with Crippen LogP contribution in [0.4, 0.5) is 5.69 Å². The van der Waals surface area contributed by atoms with Crippen molar-refractivity contribution in [3.8, 4) is 0 Å². The molecule has 1 unspecified atom stereocenters. The van der Waals surface area contributed by atoms with Crippen molar-refractivity contribution in [1.29, 1.82) is 0 Å². The van der Waals surface area contributed by atoms with Gasteiger partial charge in [0.1, 0.15) is 4.32 Å². The van der Waals surface area contributed by atoms with Crippen LogP contribution in [0.3, 0.4) is 0 Å². The highest BCUT2D eigenvalue weighted by atomic mass is 35.5. The van der Waals surface area contributed by atoms with Gasteiger partial charge in [-0.3, -0.25) is 14.5 Å². The van der Waals surface area contributed by atoms with Gasteiger partial charge >= 0.3 is 0 Å². The van der Waals surface area contributed by atoms with Crippen molar-refractivity contribution < 1.29 is 9.59 Å². The molecule has 2 amide bonds. The molecule has 0 saturated carbocycles. The molecule has 22 heavy (non-hydrogen) atoms. The third-order valence-corrected chi connectivity index (χ3v) is 5.24. The van der Waals surface area contributed by atoms with Crippen LogP contribution in [0.25, 0.3) is 0 Å². The zero-order chi connectivity index (χ0) is 16.4. The molecule has 0 aliphatic carbocycles. The van der Waals surface area contributed by atoms with Crippen molar-refractivity contribution in [2.45, 2.75) is 38.5 Å². The van der Waals surface area contributed by atoms with Crippen molar-refractivity contribution in [2.24, 2.45) is 0 Å². The molecule has 118 valence electrons. The minimum Gasteiger partial charge on any atom is -0.326 e. The van der Waals surface area contributed by atoms with Gasteiger partial charge in [-0.25, -0.2) is 0 Å². The highest BCUT2D eigenvalue weighted by Crippen LogP contribution is 2.31. The van der Waals surface area contributed by atoms with E-state index in [0.29, 0.717) is 15.0 Å². The van der Waals surface area contributed by atoms with Gasteiger partial charge in [-0.05, 0) is 38.5 Å². The van der Waals surface area contributed by atoms with Crippen LogP contribution in [0.15, 0.2) is 18.2 Å². The molecule has 4 nitrogen and oxygen atoms in total. The first-order chi connectivity index (χ1) is 10.3. The van der Waals surface area contributed by atoms with Crippen LogP contribution in [0, 0.1) is 6.92 Å². The number of anilines is 1. The van der Waals surface area contributed by atoms with Gasteiger partial charge in [0.2, 0.25) is 11.8 Å². The van der Waals surface area contributed by atoms with Crippen molar-refractivity contribution in [3.63, 3.8) is 0 Å². The van der Waals surface area contributed by atoms with Gasteiger partial charge in [-0.15, -0.1) is 0 Å². The number of nitrogens with zero attached hydrogens (tertiary/aromatic N) is 1. The highest BCUT2D eigenvalue weighted by molar-refractivity contribution is 8.24. The molecule has 7 heteroatoms. The van der Waals surface area contributed by atoms with Crippen LogP contribution in [-0.2, 0) is 9.59 Å². The Morgan fingerprint density at radius 3 is 2.73 bits per heavy atom. The Hall–Kier alpha value is -1.11. The lowest BCUT2D eigenvalue weighted by Gasteiger charge is -2.19. The van der Waals surface area contributed by atoms with Crippen molar-refractivity contribution in [3.05, 3.63) is 28.8 Å². The Kier molecular flexibility index (Phi) is 5.47. The summed E-state index contributed by atoms with van der Waals surface area (Å²) in [4.78, 5) is 25.9. The van der Waals surface area contributed by atoms with Gasteiger partial charge < -0.3 is 5.32 Å². The average Bonchev–Trinajstić information content (AvgIpc) is 2.68. The second kappa shape index (κ2) is 6.98.